The van der Waals surface area contributed by atoms with Crippen LogP contribution in [0.4, 0.5) is 9.80 Å². The van der Waals surface area contributed by atoms with Crippen molar-refractivity contribution in [2.45, 2.75) is 51.5 Å². The highest BCUT2D eigenvalue weighted by atomic mass is 32.1. The molecule has 1 aromatic heterocycles. The van der Waals surface area contributed by atoms with Gasteiger partial charge >= 0.3 is 18.0 Å². The van der Waals surface area contributed by atoms with Crippen LogP contribution < -0.4 is 16.0 Å². The number of thiophene rings is 1. The summed E-state index contributed by atoms with van der Waals surface area (Å²) in [6, 6.07) is -1.39. The Bertz CT molecular complexity index is 880. The standard InChI is InChI=1S/C19H23N3O7S/c1-2-28-18(26)15-10-5-3-4-6-12(10)30-17(15)21-13(23)9-29-14(24)8-7-11-16(25)22-19(27)20-11/h11H,2-9H2,1H3,(H,21,23)(H2,20,22,25,27). The Balaban J connectivity index is 1.54. The van der Waals surface area contributed by atoms with Crippen LogP contribution in [0.5, 0.6) is 0 Å². The van der Waals surface area contributed by atoms with Gasteiger partial charge in [0.2, 0.25) is 0 Å². The van der Waals surface area contributed by atoms with E-state index >= 15 is 0 Å². The molecular formula is C19H23N3O7S. The van der Waals surface area contributed by atoms with E-state index in [1.165, 1.54) is 11.3 Å². The maximum atomic E-state index is 12.4. The molecule has 1 aliphatic heterocycles. The number of carbonyl (C=O) groups is 5. The molecule has 162 valence electrons. The molecular weight excluding hydrogens is 414 g/mol. The molecule has 0 saturated carbocycles. The monoisotopic (exact) mass is 437 g/mol. The predicted molar refractivity (Wildman–Crippen MR) is 106 cm³/mol. The SMILES string of the molecule is CCOC(=O)c1c(NC(=O)COC(=O)CCC2NC(=O)NC2=O)sc2c1CCCC2. The van der Waals surface area contributed by atoms with Gasteiger partial charge in [-0.05, 0) is 44.6 Å². The number of anilines is 1. The highest BCUT2D eigenvalue weighted by Gasteiger charge is 2.30. The minimum Gasteiger partial charge on any atom is -0.462 e. The summed E-state index contributed by atoms with van der Waals surface area (Å²) in [5.41, 5.74) is 1.31. The molecule has 2 heterocycles. The summed E-state index contributed by atoms with van der Waals surface area (Å²) in [5, 5.41) is 7.51. The van der Waals surface area contributed by atoms with Crippen LogP contribution in [0.15, 0.2) is 0 Å². The van der Waals surface area contributed by atoms with Crippen LogP contribution in [0.1, 0.15) is 53.4 Å². The third kappa shape index (κ3) is 5.15. The van der Waals surface area contributed by atoms with Gasteiger partial charge in [-0.15, -0.1) is 11.3 Å². The average molecular weight is 437 g/mol. The van der Waals surface area contributed by atoms with Gasteiger partial charge < -0.3 is 20.1 Å². The van der Waals surface area contributed by atoms with Gasteiger partial charge in [-0.1, -0.05) is 0 Å². The number of hydrogen-bond donors (Lipinski definition) is 3. The Morgan fingerprint density at radius 1 is 1.17 bits per heavy atom. The van der Waals surface area contributed by atoms with Crippen molar-refractivity contribution >= 4 is 46.1 Å². The maximum Gasteiger partial charge on any atom is 0.341 e. The number of fused-ring (bicyclic) bond motifs is 1. The van der Waals surface area contributed by atoms with Crippen LogP contribution in [0.25, 0.3) is 0 Å². The predicted octanol–water partition coefficient (Wildman–Crippen LogP) is 1.27. The summed E-state index contributed by atoms with van der Waals surface area (Å²) in [5.74, 6) is -2.21. The number of hydrogen-bond acceptors (Lipinski definition) is 8. The molecule has 3 N–H and O–H groups in total. The molecule has 10 nitrogen and oxygen atoms in total. The molecule has 1 atom stereocenters. The van der Waals surface area contributed by atoms with Crippen molar-refractivity contribution in [2.75, 3.05) is 18.5 Å². The smallest absolute Gasteiger partial charge is 0.341 e. The van der Waals surface area contributed by atoms with E-state index in [1.54, 1.807) is 6.92 Å². The molecule has 11 heteroatoms. The van der Waals surface area contributed by atoms with Crippen LogP contribution >= 0.6 is 11.3 Å². The van der Waals surface area contributed by atoms with Crippen molar-refractivity contribution in [3.05, 3.63) is 16.0 Å². The fourth-order valence-corrected chi connectivity index (χ4v) is 4.67. The molecule has 0 spiro atoms. The van der Waals surface area contributed by atoms with Crippen molar-refractivity contribution < 1.29 is 33.4 Å². The van der Waals surface area contributed by atoms with Crippen molar-refractivity contribution in [3.8, 4) is 0 Å². The first kappa shape index (κ1) is 21.8. The third-order valence-electron chi connectivity index (χ3n) is 4.76. The summed E-state index contributed by atoms with van der Waals surface area (Å²) < 4.78 is 10.1. The fourth-order valence-electron chi connectivity index (χ4n) is 3.38. The quantitative estimate of drug-likeness (QED) is 0.411. The van der Waals surface area contributed by atoms with E-state index in [0.29, 0.717) is 10.6 Å². The van der Waals surface area contributed by atoms with Crippen LogP contribution in [-0.2, 0) is 36.7 Å². The molecule has 0 bridgehead atoms. The number of amides is 4. The average Bonchev–Trinajstić information content (AvgIpc) is 3.23. The Kier molecular flexibility index (Phi) is 7.03. The van der Waals surface area contributed by atoms with Gasteiger partial charge in [0.25, 0.3) is 11.8 Å². The second-order valence-electron chi connectivity index (χ2n) is 6.90. The Hall–Kier alpha value is -2.95. The minimum atomic E-state index is -0.788. The van der Waals surface area contributed by atoms with E-state index in [9.17, 15) is 24.0 Å². The number of urea groups is 1. The number of rotatable bonds is 8. The Labute approximate surface area is 176 Å². The van der Waals surface area contributed by atoms with Crippen LogP contribution in [0.2, 0.25) is 0 Å². The van der Waals surface area contributed by atoms with E-state index in [2.05, 4.69) is 16.0 Å². The summed E-state index contributed by atoms with van der Waals surface area (Å²) in [6.07, 6.45) is 3.55. The van der Waals surface area contributed by atoms with Gasteiger partial charge in [-0.3, -0.25) is 19.7 Å². The Morgan fingerprint density at radius 2 is 1.93 bits per heavy atom. The highest BCUT2D eigenvalue weighted by Crippen LogP contribution is 2.38. The van der Waals surface area contributed by atoms with Crippen molar-refractivity contribution in [1.82, 2.24) is 10.6 Å². The number of carbonyl (C=O) groups excluding carboxylic acids is 5. The lowest BCUT2D eigenvalue weighted by atomic mass is 9.95. The van der Waals surface area contributed by atoms with Crippen LogP contribution in [-0.4, -0.2) is 49.0 Å². The molecule has 1 aliphatic carbocycles. The maximum absolute atomic E-state index is 12.4. The zero-order valence-corrected chi connectivity index (χ0v) is 17.3. The van der Waals surface area contributed by atoms with Crippen LogP contribution in [0, 0.1) is 0 Å². The van der Waals surface area contributed by atoms with Crippen LogP contribution in [0.3, 0.4) is 0 Å². The van der Waals surface area contributed by atoms with Gasteiger partial charge in [-0.25, -0.2) is 9.59 Å². The fraction of sp³-hybridized carbons (Fsp3) is 0.526. The van der Waals surface area contributed by atoms with Gasteiger partial charge in [0.1, 0.15) is 11.0 Å². The molecule has 0 aromatic carbocycles. The lowest BCUT2D eigenvalue weighted by molar-refractivity contribution is -0.147. The van der Waals surface area contributed by atoms with E-state index in [4.69, 9.17) is 9.47 Å². The van der Waals surface area contributed by atoms with E-state index in [0.717, 1.165) is 36.1 Å². The molecule has 1 fully saturated rings. The van der Waals surface area contributed by atoms with Gasteiger partial charge in [0.05, 0.1) is 12.2 Å². The number of nitrogens with one attached hydrogen (secondary N) is 3. The third-order valence-corrected chi connectivity index (χ3v) is 5.97. The second kappa shape index (κ2) is 9.70. The first-order valence-electron chi connectivity index (χ1n) is 9.77. The molecule has 0 radical (unpaired) electrons. The van der Waals surface area contributed by atoms with Gasteiger partial charge in [0.15, 0.2) is 6.61 Å². The van der Waals surface area contributed by atoms with Gasteiger partial charge in [0, 0.05) is 11.3 Å². The number of imide groups is 1. The van der Waals surface area contributed by atoms with E-state index in [-0.39, 0.29) is 19.4 Å². The largest absolute Gasteiger partial charge is 0.462 e. The lowest BCUT2D eigenvalue weighted by Crippen LogP contribution is -2.30. The Morgan fingerprint density at radius 3 is 2.63 bits per heavy atom. The number of aryl methyl sites for hydroxylation is 1. The second-order valence-corrected chi connectivity index (χ2v) is 8.00. The first-order valence-corrected chi connectivity index (χ1v) is 10.6. The molecule has 1 unspecified atom stereocenters. The summed E-state index contributed by atoms with van der Waals surface area (Å²) >= 11 is 1.35. The number of esters is 2. The molecule has 2 aliphatic rings. The topological polar surface area (TPSA) is 140 Å². The van der Waals surface area contributed by atoms with Crippen molar-refractivity contribution in [1.29, 1.82) is 0 Å². The van der Waals surface area contributed by atoms with E-state index in [1.807, 2.05) is 0 Å². The van der Waals surface area contributed by atoms with Crippen molar-refractivity contribution in [3.63, 3.8) is 0 Å². The summed E-state index contributed by atoms with van der Waals surface area (Å²) in [7, 11) is 0. The molecule has 4 amide bonds. The molecule has 1 saturated heterocycles. The first-order chi connectivity index (χ1) is 14.4. The number of ether oxygens (including phenoxy) is 2. The molecule has 30 heavy (non-hydrogen) atoms. The van der Waals surface area contributed by atoms with E-state index < -0.39 is 42.4 Å². The summed E-state index contributed by atoms with van der Waals surface area (Å²) in [6.45, 7) is 1.43. The molecule has 3 rings (SSSR count). The lowest BCUT2D eigenvalue weighted by Gasteiger charge is -2.12. The normalized spacial score (nSPS) is 17.6. The van der Waals surface area contributed by atoms with Crippen molar-refractivity contribution in [2.24, 2.45) is 0 Å². The molecule has 1 aromatic rings. The zero-order valence-electron chi connectivity index (χ0n) is 16.5. The minimum absolute atomic E-state index is 0.0721. The summed E-state index contributed by atoms with van der Waals surface area (Å²) in [4.78, 5) is 60.0. The zero-order chi connectivity index (χ0) is 21.7. The highest BCUT2D eigenvalue weighted by molar-refractivity contribution is 7.17. The van der Waals surface area contributed by atoms with Gasteiger partial charge in [-0.2, -0.15) is 0 Å².